The van der Waals surface area contributed by atoms with Crippen LogP contribution in [0.5, 0.6) is 0 Å². The first-order valence-electron chi connectivity index (χ1n) is 5.88. The molecule has 1 unspecified atom stereocenters. The van der Waals surface area contributed by atoms with E-state index < -0.39 is 12.0 Å². The summed E-state index contributed by atoms with van der Waals surface area (Å²) in [7, 11) is 0. The van der Waals surface area contributed by atoms with E-state index in [2.05, 4.69) is 10.3 Å². The van der Waals surface area contributed by atoms with Gasteiger partial charge in [-0.05, 0) is 13.3 Å². The fourth-order valence-corrected chi connectivity index (χ4v) is 2.07. The Morgan fingerprint density at radius 3 is 3.00 bits per heavy atom. The van der Waals surface area contributed by atoms with Crippen LogP contribution in [0.15, 0.2) is 5.38 Å². The van der Waals surface area contributed by atoms with Crippen molar-refractivity contribution in [1.82, 2.24) is 4.98 Å². The van der Waals surface area contributed by atoms with E-state index in [-0.39, 0.29) is 5.97 Å². The minimum Gasteiger partial charge on any atom is -0.480 e. The Balaban J connectivity index is 2.31. The molecule has 0 aliphatic carbocycles. The Labute approximate surface area is 114 Å². The fourth-order valence-electron chi connectivity index (χ4n) is 1.30. The van der Waals surface area contributed by atoms with Crippen molar-refractivity contribution in [2.45, 2.75) is 25.8 Å². The third-order valence-corrected chi connectivity index (χ3v) is 3.06. The van der Waals surface area contributed by atoms with Gasteiger partial charge in [0.2, 0.25) is 0 Å². The topological polar surface area (TPSA) is 115 Å². The summed E-state index contributed by atoms with van der Waals surface area (Å²) in [5.41, 5.74) is 5.76. The molecular weight excluding hydrogens is 270 g/mol. The average Bonchev–Trinajstić information content (AvgIpc) is 2.82. The number of nitrogens with zero attached hydrogens (tertiary/aromatic N) is 1. The highest BCUT2D eigenvalue weighted by Gasteiger charge is 2.17. The maximum Gasteiger partial charge on any atom is 0.326 e. The van der Waals surface area contributed by atoms with Crippen molar-refractivity contribution in [3.05, 3.63) is 11.1 Å². The van der Waals surface area contributed by atoms with Gasteiger partial charge in [-0.25, -0.2) is 4.98 Å². The number of hydrogen-bond donors (Lipinski definition) is 3. The van der Waals surface area contributed by atoms with Crippen molar-refractivity contribution < 1.29 is 19.4 Å². The minimum atomic E-state index is -1.11. The van der Waals surface area contributed by atoms with Gasteiger partial charge < -0.3 is 20.9 Å². The van der Waals surface area contributed by atoms with Gasteiger partial charge in [-0.1, -0.05) is 0 Å². The predicted molar refractivity (Wildman–Crippen MR) is 71.0 cm³/mol. The molecule has 8 heteroatoms. The normalized spacial score (nSPS) is 11.9. The van der Waals surface area contributed by atoms with E-state index in [9.17, 15) is 9.59 Å². The number of carboxylic acid groups (broad SMARTS) is 1. The van der Waals surface area contributed by atoms with Crippen molar-refractivity contribution >= 4 is 28.4 Å². The molecule has 1 aromatic rings. The largest absolute Gasteiger partial charge is 0.480 e. The van der Waals surface area contributed by atoms with E-state index in [1.807, 2.05) is 0 Å². The highest BCUT2D eigenvalue weighted by atomic mass is 32.1. The average molecular weight is 287 g/mol. The van der Waals surface area contributed by atoms with Crippen LogP contribution >= 0.6 is 11.3 Å². The van der Waals surface area contributed by atoms with Gasteiger partial charge in [0.05, 0.1) is 12.3 Å². The van der Waals surface area contributed by atoms with Gasteiger partial charge in [0, 0.05) is 18.3 Å². The third kappa shape index (κ3) is 5.23. The first kappa shape index (κ1) is 15.4. The van der Waals surface area contributed by atoms with Crippen molar-refractivity contribution in [3.63, 3.8) is 0 Å². The number of carbonyl (C=O) groups excluding carboxylic acids is 1. The second-order valence-corrected chi connectivity index (χ2v) is 4.59. The Bertz CT molecular complexity index is 435. The van der Waals surface area contributed by atoms with Gasteiger partial charge >= 0.3 is 11.9 Å². The van der Waals surface area contributed by atoms with E-state index in [4.69, 9.17) is 15.6 Å². The second-order valence-electron chi connectivity index (χ2n) is 3.73. The number of esters is 1. The molecule has 4 N–H and O–H groups in total. The van der Waals surface area contributed by atoms with Gasteiger partial charge in [0.15, 0.2) is 5.13 Å². The van der Waals surface area contributed by atoms with E-state index in [0.29, 0.717) is 36.8 Å². The molecule has 0 bridgehead atoms. The molecule has 0 saturated heterocycles. The number of aliphatic carboxylic acids is 1. The molecule has 0 spiro atoms. The van der Waals surface area contributed by atoms with Crippen LogP contribution in [0.2, 0.25) is 0 Å². The molecule has 1 aromatic heterocycles. The predicted octanol–water partition coefficient (Wildman–Crippen LogP) is 0.983. The molecular formula is C11H17N3O4S. The Hall–Kier alpha value is -1.67. The Morgan fingerprint density at radius 1 is 1.63 bits per heavy atom. The van der Waals surface area contributed by atoms with Crippen LogP contribution in [0.3, 0.4) is 0 Å². The van der Waals surface area contributed by atoms with Crippen LogP contribution in [0, 0.1) is 0 Å². The summed E-state index contributed by atoms with van der Waals surface area (Å²) in [4.78, 5) is 25.8. The smallest absolute Gasteiger partial charge is 0.326 e. The lowest BCUT2D eigenvalue weighted by molar-refractivity contribution is -0.143. The number of nitrogens with two attached hydrogens (primary N) is 1. The standard InChI is InChI=1S/C11H17N3O4S/c1-2-18-8(15)4-3-5-13-11-14-7(6-19-11)9(12)10(16)17/h6,9H,2-5,12H2,1H3,(H,13,14)(H,16,17). The van der Waals surface area contributed by atoms with Crippen molar-refractivity contribution in [2.24, 2.45) is 5.73 Å². The van der Waals surface area contributed by atoms with Crippen molar-refractivity contribution in [3.8, 4) is 0 Å². The third-order valence-electron chi connectivity index (χ3n) is 2.25. The molecule has 1 rings (SSSR count). The summed E-state index contributed by atoms with van der Waals surface area (Å²) in [6.45, 7) is 2.71. The monoisotopic (exact) mass is 287 g/mol. The van der Waals surface area contributed by atoms with Crippen molar-refractivity contribution in [2.75, 3.05) is 18.5 Å². The molecule has 1 heterocycles. The van der Waals surface area contributed by atoms with Crippen LogP contribution in [0.1, 0.15) is 31.5 Å². The number of aromatic nitrogens is 1. The molecule has 106 valence electrons. The number of carboxylic acids is 1. The number of nitrogens with one attached hydrogen (secondary N) is 1. The number of hydrogen-bond acceptors (Lipinski definition) is 7. The van der Waals surface area contributed by atoms with Crippen molar-refractivity contribution in [1.29, 1.82) is 0 Å². The highest BCUT2D eigenvalue weighted by Crippen LogP contribution is 2.19. The van der Waals surface area contributed by atoms with Gasteiger partial charge in [-0.3, -0.25) is 9.59 Å². The quantitative estimate of drug-likeness (QED) is 0.482. The summed E-state index contributed by atoms with van der Waals surface area (Å²) < 4.78 is 4.79. The van der Waals surface area contributed by atoms with E-state index >= 15 is 0 Å². The van der Waals surface area contributed by atoms with Crippen LogP contribution in [-0.4, -0.2) is 35.2 Å². The molecule has 0 fully saturated rings. The first-order valence-corrected chi connectivity index (χ1v) is 6.75. The van der Waals surface area contributed by atoms with Gasteiger partial charge in [0.25, 0.3) is 0 Å². The number of ether oxygens (including phenoxy) is 1. The Morgan fingerprint density at radius 2 is 2.37 bits per heavy atom. The maximum atomic E-state index is 11.1. The summed E-state index contributed by atoms with van der Waals surface area (Å²) in [6.07, 6.45) is 0.965. The lowest BCUT2D eigenvalue weighted by Gasteiger charge is -2.03. The number of anilines is 1. The van der Waals surface area contributed by atoms with Gasteiger partial charge in [0.1, 0.15) is 6.04 Å². The minimum absolute atomic E-state index is 0.225. The lowest BCUT2D eigenvalue weighted by atomic mass is 10.2. The number of carbonyl (C=O) groups is 2. The summed E-state index contributed by atoms with van der Waals surface area (Å²) in [5.74, 6) is -1.34. The molecule has 19 heavy (non-hydrogen) atoms. The molecule has 7 nitrogen and oxygen atoms in total. The molecule has 0 aliphatic rings. The summed E-state index contributed by atoms with van der Waals surface area (Å²) in [5, 5.41) is 13.9. The first-order chi connectivity index (χ1) is 9.04. The van der Waals surface area contributed by atoms with E-state index in [1.54, 1.807) is 12.3 Å². The molecule has 0 radical (unpaired) electrons. The van der Waals surface area contributed by atoms with Gasteiger partial charge in [-0.15, -0.1) is 11.3 Å². The SMILES string of the molecule is CCOC(=O)CCCNc1nc(C(N)C(=O)O)cs1. The van der Waals surface area contributed by atoms with E-state index in [1.165, 1.54) is 11.3 Å². The second kappa shape index (κ2) is 7.70. The summed E-state index contributed by atoms with van der Waals surface area (Å²) in [6, 6.07) is -1.11. The Kier molecular flexibility index (Phi) is 6.23. The fraction of sp³-hybridized carbons (Fsp3) is 0.545. The van der Waals surface area contributed by atoms with Crippen LogP contribution in [-0.2, 0) is 14.3 Å². The van der Waals surface area contributed by atoms with Crippen LogP contribution < -0.4 is 11.1 Å². The lowest BCUT2D eigenvalue weighted by Crippen LogP contribution is -2.20. The van der Waals surface area contributed by atoms with Crippen LogP contribution in [0.25, 0.3) is 0 Å². The zero-order valence-electron chi connectivity index (χ0n) is 10.6. The zero-order chi connectivity index (χ0) is 14.3. The molecule has 0 aliphatic heterocycles. The maximum absolute atomic E-state index is 11.1. The van der Waals surface area contributed by atoms with Gasteiger partial charge in [-0.2, -0.15) is 0 Å². The molecule has 0 amide bonds. The molecule has 1 atom stereocenters. The summed E-state index contributed by atoms with van der Waals surface area (Å²) >= 11 is 1.28. The number of thiazole rings is 1. The highest BCUT2D eigenvalue weighted by molar-refractivity contribution is 7.13. The zero-order valence-corrected chi connectivity index (χ0v) is 11.4. The van der Waals surface area contributed by atoms with E-state index in [0.717, 1.165) is 0 Å². The molecule has 0 saturated carbocycles. The molecule has 0 aromatic carbocycles. The number of rotatable bonds is 8. The van der Waals surface area contributed by atoms with Crippen LogP contribution in [0.4, 0.5) is 5.13 Å².